The Bertz CT molecular complexity index is 1150. The van der Waals surface area contributed by atoms with Crippen molar-refractivity contribution in [2.75, 3.05) is 7.05 Å². The molecule has 0 N–H and O–H groups in total. The molecule has 0 spiro atoms. The Morgan fingerprint density at radius 1 is 1.19 bits per heavy atom. The van der Waals surface area contributed by atoms with Gasteiger partial charge in [-0.2, -0.15) is 10.2 Å². The first kappa shape index (κ1) is 20.8. The molecule has 0 unspecified atom stereocenters. The van der Waals surface area contributed by atoms with Crippen molar-refractivity contribution in [3.63, 3.8) is 0 Å². The molecule has 2 bridgehead atoms. The van der Waals surface area contributed by atoms with E-state index in [1.807, 2.05) is 53.3 Å². The minimum atomic E-state index is -0.511. The van der Waals surface area contributed by atoms with Crippen LogP contribution >= 0.6 is 0 Å². The Kier molecular flexibility index (Phi) is 4.87. The quantitative estimate of drug-likeness (QED) is 0.619. The van der Waals surface area contributed by atoms with Gasteiger partial charge in [0.05, 0.1) is 24.3 Å². The second-order valence-electron chi connectivity index (χ2n) is 10.0. The Labute approximate surface area is 187 Å². The predicted molar refractivity (Wildman–Crippen MR) is 118 cm³/mol. The van der Waals surface area contributed by atoms with Crippen molar-refractivity contribution >= 4 is 11.6 Å². The molecule has 0 saturated heterocycles. The largest absolute Gasteiger partial charge is 0.472 e. The van der Waals surface area contributed by atoms with Crippen LogP contribution in [0.3, 0.4) is 0 Å². The van der Waals surface area contributed by atoms with Crippen LogP contribution in [0, 0.1) is 11.8 Å². The highest BCUT2D eigenvalue weighted by Gasteiger charge is 2.50. The Hall–Kier alpha value is -3.10. The number of nitrogens with zero attached hydrogens (tertiary/aromatic N) is 6. The number of amides is 1. The Balaban J connectivity index is 1.39. The molecule has 0 radical (unpaired) electrons. The van der Waals surface area contributed by atoms with Crippen molar-refractivity contribution < 1.29 is 14.3 Å². The molecule has 170 valence electrons. The van der Waals surface area contributed by atoms with Gasteiger partial charge >= 0.3 is 6.09 Å². The van der Waals surface area contributed by atoms with E-state index in [-0.39, 0.29) is 24.2 Å². The number of aryl methyl sites for hydroxylation is 1. The van der Waals surface area contributed by atoms with Crippen molar-refractivity contribution in [2.45, 2.75) is 57.8 Å². The molecule has 3 aromatic heterocycles. The van der Waals surface area contributed by atoms with E-state index in [1.165, 1.54) is 0 Å². The molecule has 3 heterocycles. The number of ether oxygens (including phenoxy) is 2. The summed E-state index contributed by atoms with van der Waals surface area (Å²) >= 11 is 0. The average Bonchev–Trinajstić information content (AvgIpc) is 3.49. The van der Waals surface area contributed by atoms with Crippen LogP contribution in [-0.4, -0.2) is 60.2 Å². The van der Waals surface area contributed by atoms with Crippen LogP contribution in [0.25, 0.3) is 16.8 Å². The van der Waals surface area contributed by atoms with Gasteiger partial charge in [-0.25, -0.2) is 14.3 Å². The lowest BCUT2D eigenvalue weighted by Gasteiger charge is -2.36. The number of fused-ring (bicyclic) bond motifs is 3. The van der Waals surface area contributed by atoms with Gasteiger partial charge < -0.3 is 14.4 Å². The van der Waals surface area contributed by atoms with E-state index < -0.39 is 5.60 Å². The summed E-state index contributed by atoms with van der Waals surface area (Å²) in [6.07, 6.45) is 10.1. The highest BCUT2D eigenvalue weighted by atomic mass is 16.6. The summed E-state index contributed by atoms with van der Waals surface area (Å²) in [5.74, 6) is 1.37. The van der Waals surface area contributed by atoms with Crippen LogP contribution in [0.4, 0.5) is 4.79 Å². The smallest absolute Gasteiger partial charge is 0.410 e. The number of aromatic nitrogens is 5. The van der Waals surface area contributed by atoms with Crippen molar-refractivity contribution in [1.82, 2.24) is 29.3 Å². The molecule has 4 atom stereocenters. The molecular formula is C23H30N6O3. The average molecular weight is 439 g/mol. The molecule has 2 aliphatic rings. The third-order valence-electron chi connectivity index (χ3n) is 6.52. The minimum Gasteiger partial charge on any atom is -0.472 e. The second kappa shape index (κ2) is 7.50. The van der Waals surface area contributed by atoms with E-state index in [0.717, 1.165) is 36.0 Å². The first-order valence-electron chi connectivity index (χ1n) is 11.1. The lowest BCUT2D eigenvalue weighted by atomic mass is 9.91. The molecule has 3 aromatic rings. The van der Waals surface area contributed by atoms with Gasteiger partial charge in [0.1, 0.15) is 17.2 Å². The zero-order valence-electron chi connectivity index (χ0n) is 19.2. The zero-order valence-corrected chi connectivity index (χ0v) is 19.2. The lowest BCUT2D eigenvalue weighted by Crippen LogP contribution is -2.47. The molecule has 2 aliphatic carbocycles. The van der Waals surface area contributed by atoms with E-state index in [1.54, 1.807) is 26.5 Å². The number of carbonyl (C=O) groups excluding carboxylic acids is 1. The van der Waals surface area contributed by atoms with Crippen LogP contribution < -0.4 is 4.74 Å². The maximum Gasteiger partial charge on any atom is 0.410 e. The fourth-order valence-electron chi connectivity index (χ4n) is 5.12. The molecule has 9 heteroatoms. The van der Waals surface area contributed by atoms with Gasteiger partial charge in [0.25, 0.3) is 0 Å². The monoisotopic (exact) mass is 438 g/mol. The Morgan fingerprint density at radius 2 is 2.00 bits per heavy atom. The maximum absolute atomic E-state index is 12.7. The van der Waals surface area contributed by atoms with Gasteiger partial charge in [0.2, 0.25) is 5.88 Å². The van der Waals surface area contributed by atoms with Gasteiger partial charge in [-0.05, 0) is 52.0 Å². The third-order valence-corrected chi connectivity index (χ3v) is 6.52. The van der Waals surface area contributed by atoms with E-state index in [2.05, 4.69) is 10.2 Å². The summed E-state index contributed by atoms with van der Waals surface area (Å²) in [5, 5.41) is 8.65. The molecule has 1 amide bonds. The minimum absolute atomic E-state index is 0.000940. The molecule has 0 aromatic carbocycles. The summed E-state index contributed by atoms with van der Waals surface area (Å²) < 4.78 is 15.7. The summed E-state index contributed by atoms with van der Waals surface area (Å²) in [7, 11) is 3.72. The lowest BCUT2D eigenvalue weighted by molar-refractivity contribution is 0.00653. The molecule has 9 nitrogen and oxygen atoms in total. The molecule has 2 saturated carbocycles. The third kappa shape index (κ3) is 3.80. The molecular weight excluding hydrogens is 408 g/mol. The normalized spacial score (nSPS) is 24.8. The zero-order chi connectivity index (χ0) is 22.6. The van der Waals surface area contributed by atoms with Gasteiger partial charge in [-0.15, -0.1) is 0 Å². The van der Waals surface area contributed by atoms with Crippen molar-refractivity contribution in [2.24, 2.45) is 18.9 Å². The van der Waals surface area contributed by atoms with Crippen LogP contribution in [0.15, 0.2) is 30.9 Å². The summed E-state index contributed by atoms with van der Waals surface area (Å²) in [6.45, 7) is 5.68. The fraction of sp³-hybridized carbons (Fsp3) is 0.565. The van der Waals surface area contributed by atoms with Crippen LogP contribution in [0.5, 0.6) is 5.88 Å². The van der Waals surface area contributed by atoms with Gasteiger partial charge in [-0.1, -0.05) is 0 Å². The van der Waals surface area contributed by atoms with Crippen molar-refractivity contribution in [1.29, 1.82) is 0 Å². The number of carbonyl (C=O) groups is 1. The second-order valence-corrected chi connectivity index (χ2v) is 10.0. The summed E-state index contributed by atoms with van der Waals surface area (Å²) in [5.41, 5.74) is 1.99. The number of hydrogen-bond donors (Lipinski definition) is 0. The predicted octanol–water partition coefficient (Wildman–Crippen LogP) is 3.54. The Morgan fingerprint density at radius 3 is 2.69 bits per heavy atom. The summed E-state index contributed by atoms with van der Waals surface area (Å²) in [4.78, 5) is 19.2. The van der Waals surface area contributed by atoms with E-state index >= 15 is 0 Å². The van der Waals surface area contributed by atoms with E-state index in [9.17, 15) is 4.79 Å². The molecule has 5 rings (SSSR count). The van der Waals surface area contributed by atoms with Gasteiger partial charge in [0, 0.05) is 37.8 Å². The van der Waals surface area contributed by atoms with E-state index in [4.69, 9.17) is 14.5 Å². The highest BCUT2D eigenvalue weighted by Crippen LogP contribution is 2.48. The summed E-state index contributed by atoms with van der Waals surface area (Å²) in [6, 6.07) is 2.02. The van der Waals surface area contributed by atoms with Crippen LogP contribution in [0.2, 0.25) is 0 Å². The van der Waals surface area contributed by atoms with Crippen molar-refractivity contribution in [3.05, 3.63) is 30.9 Å². The van der Waals surface area contributed by atoms with Crippen LogP contribution in [-0.2, 0) is 11.8 Å². The maximum atomic E-state index is 12.7. The van der Waals surface area contributed by atoms with Crippen molar-refractivity contribution in [3.8, 4) is 17.1 Å². The SMILES string of the molecule is CN(C(=O)OC(C)(C)C)[C@@H]1C[C@@H]2C[C@H]1[C@@H](Oc1nc(-c3cnn(C)c3)cn3nccc13)C2. The molecule has 32 heavy (non-hydrogen) atoms. The highest BCUT2D eigenvalue weighted by molar-refractivity contribution is 5.68. The van der Waals surface area contributed by atoms with E-state index in [0.29, 0.717) is 11.8 Å². The van der Waals surface area contributed by atoms with Crippen LogP contribution in [0.1, 0.15) is 40.0 Å². The fourth-order valence-corrected chi connectivity index (χ4v) is 5.12. The topological polar surface area (TPSA) is 86.8 Å². The standard InChI is InChI=1S/C23H30N6O3/c1-23(2,3)32-22(30)28(5)19-9-14-8-16(19)20(10-14)31-21-18-6-7-24-29(18)13-17(26-21)15-11-25-27(4)12-15/h6-7,11-14,16,19-20H,8-10H2,1-5H3/t14-,16+,19+,20-/m0/s1. The molecule has 0 aliphatic heterocycles. The first-order chi connectivity index (χ1) is 15.2. The van der Waals surface area contributed by atoms with Gasteiger partial charge in [-0.3, -0.25) is 4.68 Å². The van der Waals surface area contributed by atoms with Gasteiger partial charge in [0.15, 0.2) is 0 Å². The number of rotatable bonds is 4. The molecule has 2 fully saturated rings. The first-order valence-corrected chi connectivity index (χ1v) is 11.1. The number of hydrogen-bond acceptors (Lipinski definition) is 6.